The Bertz CT molecular complexity index is 1010. The van der Waals surface area contributed by atoms with E-state index in [0.717, 1.165) is 0 Å². The summed E-state index contributed by atoms with van der Waals surface area (Å²) >= 11 is 0. The highest BCUT2D eigenvalue weighted by Crippen LogP contribution is 2.73. The average Bonchev–Trinajstić information content (AvgIpc) is 2.65. The molecule has 262 valence electrons. The van der Waals surface area contributed by atoms with E-state index in [1.165, 1.54) is 0 Å². The van der Waals surface area contributed by atoms with Crippen LogP contribution in [0.2, 0.25) is 66.5 Å². The summed E-state index contributed by atoms with van der Waals surface area (Å²) < 4.78 is 0. The van der Waals surface area contributed by atoms with Crippen LogP contribution in [0.4, 0.5) is 0 Å². The lowest BCUT2D eigenvalue weighted by Crippen LogP contribution is -2.97. The Kier molecular flexibility index (Phi) is 11.4. The second-order valence-electron chi connectivity index (χ2n) is 24.0. The monoisotopic (exact) mass is 744 g/mol. The molecular weight excluding hydrogens is 661 g/mol. The predicted molar refractivity (Wildman–Crippen MR) is 229 cm³/mol. The quantitative estimate of drug-likeness (QED) is 0.258. The first-order valence-corrected chi connectivity index (χ1v) is 41.2. The molecule has 0 atom stereocenters. The van der Waals surface area contributed by atoms with Crippen molar-refractivity contribution in [3.05, 3.63) is 0 Å². The molecule has 0 bridgehead atoms. The van der Waals surface area contributed by atoms with Gasteiger partial charge in [-0.05, 0) is 47.2 Å². The average molecular weight is 746 g/mol. The topological polar surface area (TPSA) is 0 Å². The van der Waals surface area contributed by atoms with E-state index in [1.54, 1.807) is 0 Å². The third-order valence-corrected chi connectivity index (χ3v) is 185. The van der Waals surface area contributed by atoms with Crippen LogP contribution in [-0.2, 0) is 0 Å². The van der Waals surface area contributed by atoms with Crippen molar-refractivity contribution in [3.8, 4) is 0 Å². The minimum absolute atomic E-state index is 0.380. The maximum atomic E-state index is 3.06. The number of rotatable bonds is 4. The molecule has 0 saturated heterocycles. The van der Waals surface area contributed by atoms with Crippen molar-refractivity contribution < 1.29 is 0 Å². The van der Waals surface area contributed by atoms with Crippen LogP contribution in [0.5, 0.6) is 0 Å². The van der Waals surface area contributed by atoms with E-state index in [-0.39, 0.29) is 0 Å². The van der Waals surface area contributed by atoms with Crippen LogP contribution in [0.15, 0.2) is 0 Å². The Hall–Kier alpha value is 1.87. The van der Waals surface area contributed by atoms with Crippen molar-refractivity contribution in [2.45, 2.75) is 233 Å². The van der Waals surface area contributed by atoms with Crippen molar-refractivity contribution in [2.75, 3.05) is 0 Å². The third kappa shape index (κ3) is 5.71. The lowest BCUT2D eigenvalue weighted by molar-refractivity contribution is 0.624. The number of hydrogen-bond donors (Lipinski definition) is 0. The van der Waals surface area contributed by atoms with Gasteiger partial charge in [0.25, 0.3) is 0 Å². The second kappa shape index (κ2) is 11.4. The third-order valence-electron chi connectivity index (χ3n) is 15.2. The summed E-state index contributed by atoms with van der Waals surface area (Å²) in [7, 11) is -4.56. The SMILES string of the molecule is CC(C)(C)[Si](C)([Si]1=[Si]([Si](C)(C(C)(C)C)C(C)(C)C)[Si]([Si](C)(C(C)(C)C)C(C)(C)C)([Si](C)(C(C)(C)C)C(C)(C)C)S1)C(C)(C)C. The van der Waals surface area contributed by atoms with Gasteiger partial charge in [-0.3, -0.25) is 0 Å². The molecule has 0 unspecified atom stereocenters. The van der Waals surface area contributed by atoms with Gasteiger partial charge in [-0.1, -0.05) is 192 Å². The molecule has 44 heavy (non-hydrogen) atoms. The molecule has 0 aromatic carbocycles. The fraction of sp³-hybridized carbons (Fsp3) is 1.00. The molecule has 0 aromatic heterocycles. The highest BCUT2D eigenvalue weighted by atomic mass is 32.6. The maximum Gasteiger partial charge on any atom is 0.104 e. The van der Waals surface area contributed by atoms with Gasteiger partial charge in [0.2, 0.25) is 0 Å². The zero-order valence-electron chi connectivity index (χ0n) is 35.9. The number of hydrogen-bond acceptors (Lipinski definition) is 1. The highest BCUT2D eigenvalue weighted by Gasteiger charge is 2.83. The molecule has 8 heteroatoms. The van der Waals surface area contributed by atoms with E-state index >= 15 is 0 Å². The summed E-state index contributed by atoms with van der Waals surface area (Å²) in [6.45, 7) is 76.5. The molecule has 0 aromatic rings. The van der Waals surface area contributed by atoms with Gasteiger partial charge in [0.1, 0.15) is 5.78 Å². The Morgan fingerprint density at radius 1 is 0.341 bits per heavy atom. The Morgan fingerprint density at radius 2 is 0.545 bits per heavy atom. The van der Waals surface area contributed by atoms with E-state index in [9.17, 15) is 0 Å². The molecule has 1 rings (SSSR count). The lowest BCUT2D eigenvalue weighted by Gasteiger charge is -2.78. The highest BCUT2D eigenvalue weighted by molar-refractivity contribution is 8.73. The van der Waals surface area contributed by atoms with Gasteiger partial charge in [0.15, 0.2) is 0 Å². The summed E-state index contributed by atoms with van der Waals surface area (Å²) in [5, 5.41) is 3.14. The van der Waals surface area contributed by atoms with Crippen molar-refractivity contribution in [1.29, 1.82) is 0 Å². The molecule has 0 saturated carbocycles. The molecule has 1 heterocycles. The smallest absolute Gasteiger partial charge is 0.104 e. The first-order valence-electron chi connectivity index (χ1n) is 17.9. The van der Waals surface area contributed by atoms with Crippen molar-refractivity contribution in [3.63, 3.8) is 0 Å². The van der Waals surface area contributed by atoms with Gasteiger partial charge in [0, 0.05) is 6.56 Å². The standard InChI is InChI=1S/C36H84SSi7/c1-29(2,3)40(25,30(4,5)6)38-37-44(42(27,33(13,14)15)34(16,17)18,43(28,35(19,20)21)36(22,23)24)39(38)41(26,31(7,8)9)32(10,11)12/h1-28H3. The summed E-state index contributed by atoms with van der Waals surface area (Å²) in [5.74, 6) is -1.97. The van der Waals surface area contributed by atoms with E-state index < -0.39 is 49.6 Å². The molecule has 1 aliphatic rings. The van der Waals surface area contributed by atoms with Crippen LogP contribution in [0.25, 0.3) is 0 Å². The van der Waals surface area contributed by atoms with E-state index in [2.05, 4.69) is 203 Å². The Morgan fingerprint density at radius 3 is 0.705 bits per heavy atom. The van der Waals surface area contributed by atoms with Gasteiger partial charge in [-0.2, -0.15) is 10.7 Å². The molecule has 1 aliphatic heterocycles. The molecule has 0 amide bonds. The fourth-order valence-electron chi connectivity index (χ4n) is 10.5. The van der Waals surface area contributed by atoms with Gasteiger partial charge < -0.3 is 0 Å². The molecule has 0 nitrogen and oxygen atoms in total. The van der Waals surface area contributed by atoms with Crippen LogP contribution in [-0.4, -0.2) is 49.6 Å². The maximum absolute atomic E-state index is 3.06. The molecular formula is C36H84SSi7. The molecule has 0 N–H and O–H groups in total. The Balaban J connectivity index is 5.31. The minimum Gasteiger partial charge on any atom is -0.199 e. The fourth-order valence-corrected chi connectivity index (χ4v) is 336. The van der Waals surface area contributed by atoms with E-state index in [4.69, 9.17) is 0 Å². The predicted octanol–water partition coefficient (Wildman–Crippen LogP) is 14.4. The van der Waals surface area contributed by atoms with Crippen molar-refractivity contribution in [2.24, 2.45) is 0 Å². The largest absolute Gasteiger partial charge is 0.199 e. The van der Waals surface area contributed by atoms with Crippen molar-refractivity contribution >= 4 is 60.3 Å². The summed E-state index contributed by atoms with van der Waals surface area (Å²) in [6.07, 6.45) is 0. The zero-order valence-corrected chi connectivity index (χ0v) is 43.7. The van der Waals surface area contributed by atoms with Gasteiger partial charge in [-0.15, -0.1) is 0 Å². The van der Waals surface area contributed by atoms with E-state index in [0.29, 0.717) is 40.3 Å². The lowest BCUT2D eigenvalue weighted by atomic mass is 10.2. The van der Waals surface area contributed by atoms with Crippen LogP contribution >= 0.6 is 10.7 Å². The first-order chi connectivity index (χ1) is 18.5. The van der Waals surface area contributed by atoms with Crippen LogP contribution in [0.1, 0.15) is 166 Å². The van der Waals surface area contributed by atoms with Crippen molar-refractivity contribution in [1.82, 2.24) is 0 Å². The minimum atomic E-state index is -1.97. The summed E-state index contributed by atoms with van der Waals surface area (Å²) in [6, 6.07) is 0. The molecule has 0 fully saturated rings. The Labute approximate surface area is 291 Å². The molecule has 0 radical (unpaired) electrons. The molecule has 0 aliphatic carbocycles. The van der Waals surface area contributed by atoms with E-state index in [1.807, 2.05) is 0 Å². The summed E-state index contributed by atoms with van der Waals surface area (Å²) in [5.41, 5.74) is 0. The normalized spacial score (nSPS) is 19.4. The molecule has 0 spiro atoms. The van der Waals surface area contributed by atoms with Crippen LogP contribution < -0.4 is 0 Å². The summed E-state index contributed by atoms with van der Waals surface area (Å²) in [4.78, 5) is 0. The van der Waals surface area contributed by atoms with Gasteiger partial charge in [0.05, 0.1) is 30.4 Å². The zero-order chi connectivity index (χ0) is 36.4. The van der Waals surface area contributed by atoms with Gasteiger partial charge >= 0.3 is 0 Å². The van der Waals surface area contributed by atoms with Gasteiger partial charge in [-0.25, -0.2) is 0 Å². The first kappa shape index (κ1) is 43.9. The second-order valence-corrected chi connectivity index (χ2v) is 95.7. The van der Waals surface area contributed by atoms with Crippen LogP contribution in [0.3, 0.4) is 0 Å². The van der Waals surface area contributed by atoms with Crippen LogP contribution in [0, 0.1) is 0 Å².